The van der Waals surface area contributed by atoms with Crippen molar-refractivity contribution in [2.24, 2.45) is 0 Å². The van der Waals surface area contributed by atoms with Gasteiger partial charge in [0.1, 0.15) is 0 Å². The van der Waals surface area contributed by atoms with Crippen molar-refractivity contribution in [3.63, 3.8) is 0 Å². The third-order valence-corrected chi connectivity index (χ3v) is 5.60. The van der Waals surface area contributed by atoms with Crippen molar-refractivity contribution < 1.29 is 9.32 Å². The summed E-state index contributed by atoms with van der Waals surface area (Å²) in [6.45, 7) is 7.73. The van der Waals surface area contributed by atoms with Crippen LogP contribution in [0.25, 0.3) is 11.4 Å². The van der Waals surface area contributed by atoms with Crippen molar-refractivity contribution in [2.45, 2.75) is 45.4 Å². The minimum absolute atomic E-state index is 0.0717. The van der Waals surface area contributed by atoms with Crippen LogP contribution >= 0.6 is 0 Å². The van der Waals surface area contributed by atoms with Crippen LogP contribution in [0.3, 0.4) is 0 Å². The molecule has 5 nitrogen and oxygen atoms in total. The summed E-state index contributed by atoms with van der Waals surface area (Å²) in [6, 6.07) is 16.1. The summed E-state index contributed by atoms with van der Waals surface area (Å²) in [5.41, 5.74) is 4.07. The van der Waals surface area contributed by atoms with E-state index in [0.717, 1.165) is 36.1 Å². The second kappa shape index (κ2) is 8.19. The van der Waals surface area contributed by atoms with Gasteiger partial charge in [0.2, 0.25) is 11.7 Å². The zero-order valence-electron chi connectivity index (χ0n) is 17.3. The van der Waals surface area contributed by atoms with Gasteiger partial charge in [-0.1, -0.05) is 61.0 Å². The van der Waals surface area contributed by atoms with E-state index < -0.39 is 0 Å². The van der Waals surface area contributed by atoms with Crippen LogP contribution in [0.5, 0.6) is 0 Å². The Morgan fingerprint density at radius 1 is 1.17 bits per heavy atom. The molecule has 1 aliphatic heterocycles. The minimum atomic E-state index is 0.0717. The number of piperidine rings is 1. The number of aromatic nitrogens is 2. The van der Waals surface area contributed by atoms with E-state index >= 15 is 0 Å². The van der Waals surface area contributed by atoms with Gasteiger partial charge in [0.25, 0.3) is 5.91 Å². The van der Waals surface area contributed by atoms with Crippen LogP contribution in [0.1, 0.15) is 65.9 Å². The predicted octanol–water partition coefficient (Wildman–Crippen LogP) is 5.19. The second-order valence-corrected chi connectivity index (χ2v) is 8.19. The first kappa shape index (κ1) is 19.4. The Morgan fingerprint density at radius 2 is 1.97 bits per heavy atom. The topological polar surface area (TPSA) is 59.2 Å². The molecule has 1 fully saturated rings. The molecule has 0 aliphatic carbocycles. The molecule has 1 amide bonds. The molecule has 0 bridgehead atoms. The van der Waals surface area contributed by atoms with E-state index in [-0.39, 0.29) is 11.8 Å². The van der Waals surface area contributed by atoms with Gasteiger partial charge in [-0.3, -0.25) is 4.79 Å². The molecule has 0 spiro atoms. The van der Waals surface area contributed by atoms with Gasteiger partial charge in [-0.2, -0.15) is 4.98 Å². The molecule has 150 valence electrons. The lowest BCUT2D eigenvalue weighted by atomic mass is 9.97. The van der Waals surface area contributed by atoms with E-state index in [1.807, 2.05) is 48.2 Å². The Hall–Kier alpha value is -2.95. The fraction of sp³-hybridized carbons (Fsp3) is 0.375. The quantitative estimate of drug-likeness (QED) is 0.616. The number of likely N-dealkylation sites (tertiary alicyclic amines) is 1. The minimum Gasteiger partial charge on any atom is -0.339 e. The summed E-state index contributed by atoms with van der Waals surface area (Å²) < 4.78 is 5.59. The van der Waals surface area contributed by atoms with Gasteiger partial charge in [0, 0.05) is 24.2 Å². The van der Waals surface area contributed by atoms with Crippen molar-refractivity contribution in [3.8, 4) is 11.4 Å². The van der Waals surface area contributed by atoms with Crippen molar-refractivity contribution >= 4 is 5.91 Å². The van der Waals surface area contributed by atoms with Crippen molar-refractivity contribution in [1.29, 1.82) is 0 Å². The molecule has 5 heteroatoms. The van der Waals surface area contributed by atoms with Crippen molar-refractivity contribution in [2.75, 3.05) is 13.1 Å². The maximum absolute atomic E-state index is 12.9. The zero-order chi connectivity index (χ0) is 20.4. The zero-order valence-corrected chi connectivity index (χ0v) is 17.3. The molecular formula is C24H27N3O2. The van der Waals surface area contributed by atoms with Crippen molar-refractivity contribution in [1.82, 2.24) is 15.0 Å². The number of nitrogens with zero attached hydrogens (tertiary/aromatic N) is 3. The maximum atomic E-state index is 12.9. The van der Waals surface area contributed by atoms with Gasteiger partial charge in [-0.05, 0) is 43.4 Å². The summed E-state index contributed by atoms with van der Waals surface area (Å²) in [5, 5.41) is 4.19. The third kappa shape index (κ3) is 4.24. The Bertz CT molecular complexity index is 991. The molecule has 1 aliphatic rings. The molecule has 4 rings (SSSR count). The first-order valence-electron chi connectivity index (χ1n) is 10.3. The smallest absolute Gasteiger partial charge is 0.253 e. The molecule has 0 N–H and O–H groups in total. The van der Waals surface area contributed by atoms with Crippen LogP contribution in [0.2, 0.25) is 0 Å². The SMILES string of the molecule is Cc1cccc(C(=O)N2CCC[C@@H](c3nc(-c4ccc(C(C)C)cc4)no3)C2)c1. The average Bonchev–Trinajstić information content (AvgIpc) is 3.24. The van der Waals surface area contributed by atoms with E-state index in [4.69, 9.17) is 4.52 Å². The Morgan fingerprint density at radius 3 is 2.69 bits per heavy atom. The summed E-state index contributed by atoms with van der Waals surface area (Å²) >= 11 is 0. The van der Waals surface area contributed by atoms with Gasteiger partial charge >= 0.3 is 0 Å². The third-order valence-electron chi connectivity index (χ3n) is 5.60. The van der Waals surface area contributed by atoms with E-state index in [1.165, 1.54) is 5.56 Å². The highest BCUT2D eigenvalue weighted by Gasteiger charge is 2.29. The number of benzene rings is 2. The van der Waals surface area contributed by atoms with Crippen LogP contribution < -0.4 is 0 Å². The van der Waals surface area contributed by atoms with E-state index in [1.54, 1.807) is 0 Å². The lowest BCUT2D eigenvalue weighted by Crippen LogP contribution is -2.39. The first-order valence-corrected chi connectivity index (χ1v) is 10.3. The van der Waals surface area contributed by atoms with Crippen LogP contribution in [0.4, 0.5) is 0 Å². The van der Waals surface area contributed by atoms with Crippen LogP contribution in [-0.4, -0.2) is 34.0 Å². The lowest BCUT2D eigenvalue weighted by molar-refractivity contribution is 0.0695. The highest BCUT2D eigenvalue weighted by Crippen LogP contribution is 2.29. The van der Waals surface area contributed by atoms with Gasteiger partial charge in [-0.15, -0.1) is 0 Å². The number of carbonyl (C=O) groups is 1. The number of aryl methyl sites for hydroxylation is 1. The molecular weight excluding hydrogens is 362 g/mol. The van der Waals surface area contributed by atoms with Crippen LogP contribution in [0, 0.1) is 6.92 Å². The highest BCUT2D eigenvalue weighted by atomic mass is 16.5. The van der Waals surface area contributed by atoms with Crippen molar-refractivity contribution in [3.05, 3.63) is 71.1 Å². The first-order chi connectivity index (χ1) is 14.0. The normalized spacial score (nSPS) is 17.0. The number of hydrogen-bond acceptors (Lipinski definition) is 4. The number of rotatable bonds is 4. The largest absolute Gasteiger partial charge is 0.339 e. The Balaban J connectivity index is 1.48. The van der Waals surface area contributed by atoms with Gasteiger partial charge in [0.05, 0.1) is 5.92 Å². The summed E-state index contributed by atoms with van der Waals surface area (Å²) in [5.74, 6) is 1.87. The number of amides is 1. The average molecular weight is 389 g/mol. The fourth-order valence-corrected chi connectivity index (χ4v) is 3.86. The second-order valence-electron chi connectivity index (χ2n) is 8.19. The molecule has 1 atom stereocenters. The molecule has 1 aromatic heterocycles. The molecule has 0 unspecified atom stereocenters. The molecule has 0 radical (unpaired) electrons. The van der Waals surface area contributed by atoms with E-state index in [0.29, 0.717) is 24.2 Å². The molecule has 1 saturated heterocycles. The monoisotopic (exact) mass is 389 g/mol. The van der Waals surface area contributed by atoms with Gasteiger partial charge < -0.3 is 9.42 Å². The van der Waals surface area contributed by atoms with E-state index in [2.05, 4.69) is 36.1 Å². The molecule has 2 heterocycles. The summed E-state index contributed by atoms with van der Waals surface area (Å²) in [6.07, 6.45) is 1.88. The van der Waals surface area contributed by atoms with Crippen LogP contribution in [-0.2, 0) is 0 Å². The Labute approximate surface area is 171 Å². The molecule has 29 heavy (non-hydrogen) atoms. The summed E-state index contributed by atoms with van der Waals surface area (Å²) in [7, 11) is 0. The standard InChI is InChI=1S/C24H27N3O2/c1-16(2)18-9-11-19(12-10-18)22-25-23(29-26-22)21-8-5-13-27(15-21)24(28)20-7-4-6-17(3)14-20/h4,6-7,9-12,14,16,21H,5,8,13,15H2,1-3H3/t21-/m1/s1. The molecule has 2 aromatic carbocycles. The lowest BCUT2D eigenvalue weighted by Gasteiger charge is -2.31. The van der Waals surface area contributed by atoms with Crippen LogP contribution in [0.15, 0.2) is 53.1 Å². The van der Waals surface area contributed by atoms with E-state index in [9.17, 15) is 4.79 Å². The van der Waals surface area contributed by atoms with Gasteiger partial charge in [0.15, 0.2) is 0 Å². The Kier molecular flexibility index (Phi) is 5.47. The fourth-order valence-electron chi connectivity index (χ4n) is 3.86. The predicted molar refractivity (Wildman–Crippen MR) is 113 cm³/mol. The molecule has 0 saturated carbocycles. The molecule has 3 aromatic rings. The summed E-state index contributed by atoms with van der Waals surface area (Å²) in [4.78, 5) is 19.5. The highest BCUT2D eigenvalue weighted by molar-refractivity contribution is 5.94. The number of hydrogen-bond donors (Lipinski definition) is 0. The van der Waals surface area contributed by atoms with Gasteiger partial charge in [-0.25, -0.2) is 0 Å². The maximum Gasteiger partial charge on any atom is 0.253 e. The number of carbonyl (C=O) groups excluding carboxylic acids is 1.